The van der Waals surface area contributed by atoms with Gasteiger partial charge in [0.05, 0.1) is 17.9 Å². The first kappa shape index (κ1) is 23.1. The van der Waals surface area contributed by atoms with Crippen LogP contribution in [0.1, 0.15) is 30.9 Å². The molecule has 1 saturated heterocycles. The molecule has 0 spiro atoms. The third kappa shape index (κ3) is 5.31. The highest BCUT2D eigenvalue weighted by Crippen LogP contribution is 2.22. The molecule has 9 heteroatoms. The molecule has 1 N–H and O–H groups in total. The molecule has 2 heterocycles. The first-order valence-electron chi connectivity index (χ1n) is 11.0. The number of hydrogen-bond acceptors (Lipinski definition) is 4. The number of rotatable bonds is 7. The molecule has 1 aliphatic rings. The number of amides is 1. The van der Waals surface area contributed by atoms with Crippen LogP contribution in [-0.4, -0.2) is 48.3 Å². The zero-order valence-electron chi connectivity index (χ0n) is 18.4. The van der Waals surface area contributed by atoms with E-state index in [4.69, 9.17) is 0 Å². The second-order valence-electron chi connectivity index (χ2n) is 8.19. The van der Waals surface area contributed by atoms with Gasteiger partial charge in [0, 0.05) is 42.3 Å². The minimum atomic E-state index is -3.31. The smallest absolute Gasteiger partial charge is 0.244 e. The molecule has 1 aromatic heterocycles. The molecule has 174 valence electrons. The van der Waals surface area contributed by atoms with Crippen molar-refractivity contribution in [3.8, 4) is 0 Å². The molecule has 0 unspecified atom stereocenters. The maximum Gasteiger partial charge on any atom is 0.244 e. The van der Waals surface area contributed by atoms with Crippen molar-refractivity contribution in [1.29, 1.82) is 0 Å². The van der Waals surface area contributed by atoms with E-state index in [1.54, 1.807) is 19.2 Å². The first-order valence-corrected chi connectivity index (χ1v) is 12.6. The summed E-state index contributed by atoms with van der Waals surface area (Å²) in [6, 6.07) is 14.3. The van der Waals surface area contributed by atoms with Crippen molar-refractivity contribution in [3.05, 3.63) is 71.7 Å². The second kappa shape index (κ2) is 9.84. The van der Waals surface area contributed by atoms with Crippen molar-refractivity contribution in [1.82, 2.24) is 14.3 Å². The Bertz CT molecular complexity index is 1290. The summed E-state index contributed by atoms with van der Waals surface area (Å²) in [5.74, 6) is -0.960. The molecule has 1 atom stereocenters. The SMILES string of the molecule is CCS(=O)(=O)N1CCC[C@H](C(=O)N/N=C\c2cn(Cc3cccc(F)c3)c3ccccc23)C1. The third-order valence-corrected chi connectivity index (χ3v) is 7.80. The number of nitrogens with one attached hydrogen (secondary N) is 1. The standard InChI is InChI=1S/C24H27FN4O3S/c1-2-33(31,32)29-12-6-8-19(17-29)24(30)27-26-14-20-16-28(23-11-4-3-10-22(20)23)15-18-7-5-9-21(25)13-18/h3-5,7,9-11,13-14,16,19H,2,6,8,12,15,17H2,1H3,(H,27,30)/b26-14-/t19-/m0/s1. The average molecular weight is 471 g/mol. The normalized spacial score (nSPS) is 17.6. The summed E-state index contributed by atoms with van der Waals surface area (Å²) < 4.78 is 41.3. The van der Waals surface area contributed by atoms with E-state index in [-0.39, 0.29) is 24.0 Å². The summed E-state index contributed by atoms with van der Waals surface area (Å²) in [4.78, 5) is 12.6. The number of hydrazone groups is 1. The number of hydrogen-bond donors (Lipinski definition) is 1. The topological polar surface area (TPSA) is 83.8 Å². The number of fused-ring (bicyclic) bond motifs is 1. The monoisotopic (exact) mass is 470 g/mol. The van der Waals surface area contributed by atoms with E-state index in [2.05, 4.69) is 10.5 Å². The number of piperidine rings is 1. The van der Waals surface area contributed by atoms with Crippen molar-refractivity contribution in [2.45, 2.75) is 26.3 Å². The second-order valence-corrected chi connectivity index (χ2v) is 10.4. The Morgan fingerprint density at radius 3 is 2.85 bits per heavy atom. The van der Waals surface area contributed by atoms with Crippen LogP contribution in [-0.2, 0) is 21.4 Å². The van der Waals surface area contributed by atoms with Crippen LogP contribution in [0.4, 0.5) is 4.39 Å². The van der Waals surface area contributed by atoms with Crippen LogP contribution in [0.5, 0.6) is 0 Å². The summed E-state index contributed by atoms with van der Waals surface area (Å²) in [5.41, 5.74) is 5.21. The maximum absolute atomic E-state index is 13.6. The van der Waals surface area contributed by atoms with Gasteiger partial charge in [0.15, 0.2) is 0 Å². The van der Waals surface area contributed by atoms with Gasteiger partial charge in [0.2, 0.25) is 15.9 Å². The fourth-order valence-electron chi connectivity index (χ4n) is 4.19. The minimum absolute atomic E-state index is 0.0270. The molecule has 33 heavy (non-hydrogen) atoms. The van der Waals surface area contributed by atoms with Crippen LogP contribution in [0.15, 0.2) is 59.8 Å². The number of nitrogens with zero attached hydrogens (tertiary/aromatic N) is 3. The fraction of sp³-hybridized carbons (Fsp3) is 0.333. The molecule has 0 aliphatic carbocycles. The fourth-order valence-corrected chi connectivity index (χ4v) is 5.37. The Labute approximate surface area is 192 Å². The number of carbonyl (C=O) groups is 1. The molecule has 0 saturated carbocycles. The zero-order chi connectivity index (χ0) is 23.4. The first-order chi connectivity index (χ1) is 15.9. The van der Waals surface area contributed by atoms with Crippen molar-refractivity contribution < 1.29 is 17.6 Å². The van der Waals surface area contributed by atoms with Gasteiger partial charge in [-0.2, -0.15) is 5.10 Å². The molecule has 1 aliphatic heterocycles. The summed E-state index contributed by atoms with van der Waals surface area (Å²) >= 11 is 0. The quantitative estimate of drug-likeness (QED) is 0.425. The lowest BCUT2D eigenvalue weighted by molar-refractivity contribution is -0.126. The molecular formula is C24H27FN4O3S. The van der Waals surface area contributed by atoms with Gasteiger partial charge in [-0.25, -0.2) is 22.5 Å². The van der Waals surface area contributed by atoms with E-state index in [0.717, 1.165) is 22.0 Å². The summed E-state index contributed by atoms with van der Waals surface area (Å²) in [7, 11) is -3.31. The number of halogens is 1. The predicted molar refractivity (Wildman–Crippen MR) is 127 cm³/mol. The highest BCUT2D eigenvalue weighted by Gasteiger charge is 2.31. The number of aromatic nitrogens is 1. The number of benzene rings is 2. The van der Waals surface area contributed by atoms with Crippen molar-refractivity contribution in [2.24, 2.45) is 11.0 Å². The Hall–Kier alpha value is -3.04. The average Bonchev–Trinajstić information content (AvgIpc) is 3.16. The summed E-state index contributed by atoms with van der Waals surface area (Å²) in [6.07, 6.45) is 4.78. The van der Waals surface area contributed by atoms with Gasteiger partial charge in [0.1, 0.15) is 5.82 Å². The zero-order valence-corrected chi connectivity index (χ0v) is 19.3. The van der Waals surface area contributed by atoms with E-state index < -0.39 is 15.9 Å². The molecular weight excluding hydrogens is 443 g/mol. The molecule has 1 fully saturated rings. The van der Waals surface area contributed by atoms with Crippen LogP contribution in [0.3, 0.4) is 0 Å². The van der Waals surface area contributed by atoms with Gasteiger partial charge < -0.3 is 4.57 Å². The van der Waals surface area contributed by atoms with Crippen molar-refractivity contribution in [3.63, 3.8) is 0 Å². The third-order valence-electron chi connectivity index (χ3n) is 5.95. The molecule has 0 bridgehead atoms. The molecule has 7 nitrogen and oxygen atoms in total. The van der Waals surface area contributed by atoms with Gasteiger partial charge in [-0.15, -0.1) is 0 Å². The van der Waals surface area contributed by atoms with Gasteiger partial charge in [0.25, 0.3) is 0 Å². The molecule has 4 rings (SSSR count). The Kier molecular flexibility index (Phi) is 6.90. The number of sulfonamides is 1. The largest absolute Gasteiger partial charge is 0.342 e. The van der Waals surface area contributed by atoms with Gasteiger partial charge in [-0.3, -0.25) is 4.79 Å². The van der Waals surface area contributed by atoms with Crippen LogP contribution >= 0.6 is 0 Å². The van der Waals surface area contributed by atoms with E-state index >= 15 is 0 Å². The Balaban J connectivity index is 1.47. The number of carbonyl (C=O) groups excluding carboxylic acids is 1. The highest BCUT2D eigenvalue weighted by atomic mass is 32.2. The Morgan fingerprint density at radius 1 is 1.24 bits per heavy atom. The van der Waals surface area contributed by atoms with Gasteiger partial charge in [-0.1, -0.05) is 30.3 Å². The lowest BCUT2D eigenvalue weighted by atomic mass is 9.99. The highest BCUT2D eigenvalue weighted by molar-refractivity contribution is 7.89. The van der Waals surface area contributed by atoms with E-state index in [9.17, 15) is 17.6 Å². The number of para-hydroxylation sites is 1. The van der Waals surface area contributed by atoms with Crippen molar-refractivity contribution in [2.75, 3.05) is 18.8 Å². The lowest BCUT2D eigenvalue weighted by Crippen LogP contribution is -2.45. The summed E-state index contributed by atoms with van der Waals surface area (Å²) in [6.45, 7) is 2.74. The summed E-state index contributed by atoms with van der Waals surface area (Å²) in [5, 5.41) is 5.11. The Morgan fingerprint density at radius 2 is 2.06 bits per heavy atom. The molecule has 2 aromatic carbocycles. The van der Waals surface area contributed by atoms with Gasteiger partial charge in [-0.05, 0) is 43.5 Å². The van der Waals surface area contributed by atoms with Crippen LogP contribution in [0, 0.1) is 11.7 Å². The van der Waals surface area contributed by atoms with E-state index in [1.165, 1.54) is 16.4 Å². The van der Waals surface area contributed by atoms with Crippen LogP contribution in [0.25, 0.3) is 10.9 Å². The maximum atomic E-state index is 13.6. The van der Waals surface area contributed by atoms with E-state index in [1.807, 2.05) is 41.1 Å². The van der Waals surface area contributed by atoms with E-state index in [0.29, 0.717) is 25.9 Å². The minimum Gasteiger partial charge on any atom is -0.342 e. The van der Waals surface area contributed by atoms with Crippen molar-refractivity contribution >= 4 is 33.0 Å². The predicted octanol–water partition coefficient (Wildman–Crippen LogP) is 3.34. The molecule has 1 amide bonds. The molecule has 0 radical (unpaired) electrons. The van der Waals surface area contributed by atoms with Crippen LogP contribution in [0.2, 0.25) is 0 Å². The van der Waals surface area contributed by atoms with Crippen LogP contribution < -0.4 is 5.43 Å². The molecule has 3 aromatic rings. The van der Waals surface area contributed by atoms with Gasteiger partial charge >= 0.3 is 0 Å². The lowest BCUT2D eigenvalue weighted by Gasteiger charge is -2.30.